The first kappa shape index (κ1) is 17.2. The Morgan fingerprint density at radius 3 is 2.19 bits per heavy atom. The SMILES string of the molecule is C=C(c1ccccc1)[c-]1cccc1CO.[Fe+2].c1cc[cH-]c1. The molecular formula is C19H18FeO. The average Bonchev–Trinajstić information content (AvgIpc) is 3.21. The molecule has 21 heavy (non-hydrogen) atoms. The molecule has 1 N–H and O–H groups in total. The maximum atomic E-state index is 9.16. The normalized spacial score (nSPS) is 9.19. The standard InChI is InChI=1S/C14H13O.C5H5.Fe/c1-11(12-6-3-2-4-7-12)14-9-5-8-13(14)10-15;1-2-4-5-3-1;/h2-9,15H,1,10H2;1-5H;/q2*-1;+2. The average molecular weight is 318 g/mol. The van der Waals surface area contributed by atoms with Crippen molar-refractivity contribution in [3.8, 4) is 0 Å². The van der Waals surface area contributed by atoms with Gasteiger partial charge in [0, 0.05) is 0 Å². The van der Waals surface area contributed by atoms with E-state index in [1.807, 2.05) is 78.9 Å². The van der Waals surface area contributed by atoms with Crippen LogP contribution in [0.2, 0.25) is 0 Å². The predicted molar refractivity (Wildman–Crippen MR) is 84.6 cm³/mol. The molecule has 0 unspecified atom stereocenters. The summed E-state index contributed by atoms with van der Waals surface area (Å²) in [5, 5.41) is 9.16. The Morgan fingerprint density at radius 2 is 1.67 bits per heavy atom. The fraction of sp³-hybridized carbons (Fsp3) is 0.0526. The molecule has 0 radical (unpaired) electrons. The summed E-state index contributed by atoms with van der Waals surface area (Å²) in [6.45, 7) is 4.13. The summed E-state index contributed by atoms with van der Waals surface area (Å²) in [6, 6.07) is 25.9. The van der Waals surface area contributed by atoms with E-state index in [-0.39, 0.29) is 23.7 Å². The van der Waals surface area contributed by atoms with Gasteiger partial charge in [-0.2, -0.15) is 30.8 Å². The second kappa shape index (κ2) is 9.14. The molecule has 3 aromatic carbocycles. The van der Waals surface area contributed by atoms with E-state index in [0.29, 0.717) is 0 Å². The smallest absolute Gasteiger partial charge is 0.393 e. The minimum atomic E-state index is 0. The van der Waals surface area contributed by atoms with Gasteiger partial charge in [-0.25, -0.2) is 12.1 Å². The monoisotopic (exact) mass is 318 g/mol. The van der Waals surface area contributed by atoms with Gasteiger partial charge >= 0.3 is 17.1 Å². The van der Waals surface area contributed by atoms with Gasteiger partial charge in [-0.05, 0) is 0 Å². The number of hydrogen-bond acceptors (Lipinski definition) is 1. The van der Waals surface area contributed by atoms with Crippen LogP contribution in [-0.4, -0.2) is 5.11 Å². The predicted octanol–water partition coefficient (Wildman–Crippen LogP) is 4.36. The molecule has 2 heteroatoms. The summed E-state index contributed by atoms with van der Waals surface area (Å²) in [7, 11) is 0. The molecule has 0 spiro atoms. The first-order valence-corrected chi connectivity index (χ1v) is 6.59. The minimum Gasteiger partial charge on any atom is -0.393 e. The second-order valence-electron chi connectivity index (χ2n) is 4.43. The van der Waals surface area contributed by atoms with Crippen LogP contribution in [0.4, 0.5) is 0 Å². The molecule has 0 aliphatic carbocycles. The molecule has 0 aliphatic rings. The van der Waals surface area contributed by atoms with Crippen LogP contribution < -0.4 is 0 Å². The fourth-order valence-corrected chi connectivity index (χ4v) is 2.01. The Labute approximate surface area is 136 Å². The van der Waals surface area contributed by atoms with E-state index < -0.39 is 0 Å². The molecule has 3 aromatic rings. The summed E-state index contributed by atoms with van der Waals surface area (Å²) < 4.78 is 0. The Hall–Kier alpha value is -1.86. The molecule has 0 aliphatic heterocycles. The minimum absolute atomic E-state index is 0. The number of rotatable bonds is 3. The Balaban J connectivity index is 0.000000313. The van der Waals surface area contributed by atoms with Gasteiger partial charge in [-0.3, -0.25) is 0 Å². The van der Waals surface area contributed by atoms with Gasteiger partial charge < -0.3 is 5.11 Å². The van der Waals surface area contributed by atoms with Crippen molar-refractivity contribution in [1.29, 1.82) is 0 Å². The van der Waals surface area contributed by atoms with Crippen molar-refractivity contribution >= 4 is 5.57 Å². The molecule has 1 nitrogen and oxygen atoms in total. The molecule has 0 fully saturated rings. The van der Waals surface area contributed by atoms with Gasteiger partial charge in [0.25, 0.3) is 0 Å². The summed E-state index contributed by atoms with van der Waals surface area (Å²) in [5.41, 5.74) is 4.02. The third kappa shape index (κ3) is 4.87. The van der Waals surface area contributed by atoms with Gasteiger partial charge in [0.05, 0.1) is 6.61 Å². The molecule has 0 saturated heterocycles. The zero-order valence-electron chi connectivity index (χ0n) is 11.7. The van der Waals surface area contributed by atoms with E-state index in [0.717, 1.165) is 22.3 Å². The van der Waals surface area contributed by atoms with E-state index in [9.17, 15) is 0 Å². The second-order valence-corrected chi connectivity index (χ2v) is 4.43. The maximum absolute atomic E-state index is 9.16. The molecule has 0 aromatic heterocycles. The maximum Gasteiger partial charge on any atom is 2.00 e. The summed E-state index contributed by atoms with van der Waals surface area (Å²) >= 11 is 0. The van der Waals surface area contributed by atoms with E-state index in [1.165, 1.54) is 0 Å². The van der Waals surface area contributed by atoms with Crippen molar-refractivity contribution in [3.63, 3.8) is 0 Å². The molecule has 0 saturated carbocycles. The van der Waals surface area contributed by atoms with Gasteiger partial charge in [-0.15, -0.1) is 17.7 Å². The molecule has 3 rings (SSSR count). The van der Waals surface area contributed by atoms with Crippen molar-refractivity contribution < 1.29 is 22.2 Å². The van der Waals surface area contributed by atoms with Gasteiger partial charge in [-0.1, -0.05) is 47.0 Å². The van der Waals surface area contributed by atoms with Crippen LogP contribution in [0.5, 0.6) is 0 Å². The number of aliphatic hydroxyl groups excluding tert-OH is 1. The number of aliphatic hydroxyl groups is 1. The Morgan fingerprint density at radius 1 is 1.00 bits per heavy atom. The van der Waals surface area contributed by atoms with Crippen LogP contribution in [0.3, 0.4) is 0 Å². The van der Waals surface area contributed by atoms with Crippen molar-refractivity contribution in [3.05, 3.63) is 102 Å². The topological polar surface area (TPSA) is 20.2 Å². The van der Waals surface area contributed by atoms with E-state index >= 15 is 0 Å². The molecule has 0 heterocycles. The molecular weight excluding hydrogens is 300 g/mol. The van der Waals surface area contributed by atoms with Crippen molar-refractivity contribution in [2.75, 3.05) is 0 Å². The van der Waals surface area contributed by atoms with Crippen LogP contribution in [-0.2, 0) is 23.7 Å². The largest absolute Gasteiger partial charge is 2.00 e. The van der Waals surface area contributed by atoms with Crippen LogP contribution in [0, 0.1) is 0 Å². The van der Waals surface area contributed by atoms with E-state index in [1.54, 1.807) is 0 Å². The zero-order valence-corrected chi connectivity index (χ0v) is 12.8. The Bertz CT molecular complexity index is 603. The summed E-state index contributed by atoms with van der Waals surface area (Å²) in [4.78, 5) is 0. The Kier molecular flexibility index (Phi) is 7.49. The third-order valence-electron chi connectivity index (χ3n) is 3.08. The van der Waals surface area contributed by atoms with Crippen LogP contribution in [0.25, 0.3) is 5.57 Å². The van der Waals surface area contributed by atoms with Gasteiger partial charge in [0.2, 0.25) is 0 Å². The van der Waals surface area contributed by atoms with E-state index in [2.05, 4.69) is 6.58 Å². The first-order chi connectivity index (χ1) is 9.83. The quantitative estimate of drug-likeness (QED) is 0.562. The molecule has 0 amide bonds. The molecule has 0 atom stereocenters. The number of benzene rings is 1. The van der Waals surface area contributed by atoms with E-state index in [4.69, 9.17) is 5.11 Å². The van der Waals surface area contributed by atoms with Gasteiger partial charge in [0.1, 0.15) is 0 Å². The first-order valence-electron chi connectivity index (χ1n) is 6.59. The van der Waals surface area contributed by atoms with Crippen LogP contribution in [0.1, 0.15) is 16.7 Å². The van der Waals surface area contributed by atoms with Gasteiger partial charge in [0.15, 0.2) is 0 Å². The van der Waals surface area contributed by atoms with Crippen molar-refractivity contribution in [1.82, 2.24) is 0 Å². The zero-order chi connectivity index (χ0) is 14.2. The van der Waals surface area contributed by atoms with Crippen molar-refractivity contribution in [2.45, 2.75) is 6.61 Å². The molecule has 108 valence electrons. The third-order valence-corrected chi connectivity index (χ3v) is 3.08. The van der Waals surface area contributed by atoms with Crippen molar-refractivity contribution in [2.24, 2.45) is 0 Å². The molecule has 0 bridgehead atoms. The summed E-state index contributed by atoms with van der Waals surface area (Å²) in [6.07, 6.45) is 0. The fourth-order valence-electron chi connectivity index (χ4n) is 2.01. The summed E-state index contributed by atoms with van der Waals surface area (Å²) in [5.74, 6) is 0. The van der Waals surface area contributed by atoms with Crippen LogP contribution >= 0.6 is 0 Å². The van der Waals surface area contributed by atoms with Crippen LogP contribution in [0.15, 0.2) is 85.4 Å². The number of hydrogen-bond donors (Lipinski definition) is 1.